The van der Waals surface area contributed by atoms with Crippen molar-refractivity contribution < 1.29 is 62.9 Å². The van der Waals surface area contributed by atoms with Crippen LogP contribution in [0.4, 0.5) is 0 Å². The fourth-order valence-corrected chi connectivity index (χ4v) is 16.6. The molecule has 0 aromatic heterocycles. The maximum atomic E-state index is 11.5. The molecule has 0 saturated heterocycles. The minimum absolute atomic E-state index is 0. The molecular weight excluding hydrogens is 1040 g/mol. The molecule has 23 heteroatoms. The van der Waals surface area contributed by atoms with Crippen LogP contribution in [0.2, 0.25) is 0 Å². The first-order chi connectivity index (χ1) is 25.5. The summed E-state index contributed by atoms with van der Waals surface area (Å²) in [5.41, 5.74) is -11.0. The van der Waals surface area contributed by atoms with Gasteiger partial charge in [-0.2, -0.15) is 4.21 Å². The van der Waals surface area contributed by atoms with E-state index < -0.39 is 22.8 Å². The van der Waals surface area contributed by atoms with Gasteiger partial charge in [-0.05, 0) is 74.4 Å². The largest absolute Gasteiger partial charge is 4.00 e. The predicted octanol–water partition coefficient (Wildman–Crippen LogP) is 11.3. The first-order valence-corrected chi connectivity index (χ1v) is 36.3. The molecule has 9 nitrogen and oxygen atoms in total. The molecule has 334 valence electrons. The van der Waals surface area contributed by atoms with Crippen molar-refractivity contribution in [3.05, 3.63) is 0 Å². The summed E-state index contributed by atoms with van der Waals surface area (Å²) < 4.78 is 28.4. The van der Waals surface area contributed by atoms with Crippen LogP contribution < -0.4 is 19.6 Å². The zero-order valence-corrected chi connectivity index (χ0v) is 47.4. The van der Waals surface area contributed by atoms with Gasteiger partial charge in [0, 0.05) is 22.8 Å². The van der Waals surface area contributed by atoms with Gasteiger partial charge in [0.25, 0.3) is 0 Å². The molecule has 55 heavy (non-hydrogen) atoms. The Kier molecular flexibility index (Phi) is 68.1. The average molecular weight is 1110 g/mol. The van der Waals surface area contributed by atoms with E-state index in [1.54, 1.807) is 0 Å². The van der Waals surface area contributed by atoms with Crippen LogP contribution >= 0.6 is 68.3 Å². The number of hydrogen-bond donors (Lipinski definition) is 0. The molecule has 0 aromatic carbocycles. The van der Waals surface area contributed by atoms with E-state index in [-0.39, 0.29) is 21.1 Å². The Labute approximate surface area is 394 Å². The molecule has 0 aliphatic rings. The third-order valence-corrected chi connectivity index (χ3v) is 23.4. The van der Waals surface area contributed by atoms with Crippen LogP contribution in [0, 0.1) is 0 Å². The van der Waals surface area contributed by atoms with Gasteiger partial charge < -0.3 is 37.7 Å². The summed E-state index contributed by atoms with van der Waals surface area (Å²) in [7, 11) is 0. The molecule has 4 unspecified atom stereocenters. The summed E-state index contributed by atoms with van der Waals surface area (Å²) in [4.78, 5) is 46.1. The topological polar surface area (TPSA) is 146 Å². The molecule has 0 bridgehead atoms. The van der Waals surface area contributed by atoms with E-state index in [1.807, 2.05) is 0 Å². The van der Waals surface area contributed by atoms with Gasteiger partial charge in [0.2, 0.25) is 0 Å². The van der Waals surface area contributed by atoms with E-state index in [1.165, 1.54) is 45.5 Å². The standard InChI is InChI=1S/4C8H19O2PS2.Mo.OS/c4*1-3-5-7-10-11(9,12)13-8-6-4-2;;1-2/h4*3-8H2,1-2H3,(H,9,12);;/q;;;;+4;/p-4. The zero-order valence-electron chi connectivity index (χ0n) is 34.5. The first kappa shape index (κ1) is 71.0. The molecule has 0 N–H and O–H groups in total. The van der Waals surface area contributed by atoms with Crippen molar-refractivity contribution in [3.63, 3.8) is 0 Å². The van der Waals surface area contributed by atoms with Crippen molar-refractivity contribution >= 4 is 128 Å². The van der Waals surface area contributed by atoms with Gasteiger partial charge in [-0.1, -0.05) is 154 Å². The van der Waals surface area contributed by atoms with Crippen molar-refractivity contribution in [2.75, 3.05) is 49.4 Å². The van der Waals surface area contributed by atoms with Crippen molar-refractivity contribution in [2.24, 2.45) is 0 Å². The fourth-order valence-electron chi connectivity index (χ4n) is 2.71. The quantitative estimate of drug-likeness (QED) is 0.0357. The minimum Gasteiger partial charge on any atom is -0.793 e. The number of unbranched alkanes of at least 4 members (excludes halogenated alkanes) is 8. The van der Waals surface area contributed by atoms with Crippen LogP contribution in [-0.2, 0) is 98.9 Å². The minimum atomic E-state index is -2.75. The monoisotopic (exact) mass is 1110 g/mol. The van der Waals surface area contributed by atoms with E-state index in [9.17, 15) is 19.6 Å². The van der Waals surface area contributed by atoms with Crippen LogP contribution in [0.3, 0.4) is 0 Å². The molecule has 0 amide bonds. The molecule has 0 saturated carbocycles. The summed E-state index contributed by atoms with van der Waals surface area (Å²) in [5, 5.41) is 0. The van der Waals surface area contributed by atoms with E-state index >= 15 is 0 Å². The van der Waals surface area contributed by atoms with Gasteiger partial charge in [-0.15, -0.1) is 45.5 Å². The summed E-state index contributed by atoms with van der Waals surface area (Å²) in [6.45, 7) is 18.9. The molecular formula is C32H72MoO9P4S9. The molecule has 0 heterocycles. The molecule has 0 aromatic rings. The predicted molar refractivity (Wildman–Crippen MR) is 258 cm³/mol. The Balaban J connectivity index is -0.000000142. The Morgan fingerprint density at radius 2 is 0.509 bits per heavy atom. The summed E-state index contributed by atoms with van der Waals surface area (Å²) in [5.74, 6) is 3.40. The van der Waals surface area contributed by atoms with Crippen LogP contribution in [0.5, 0.6) is 0 Å². The molecule has 0 spiro atoms. The molecule has 0 aliphatic heterocycles. The first-order valence-electron chi connectivity index (χ1n) is 19.1. The Morgan fingerprint density at radius 3 is 0.636 bits per heavy atom. The molecule has 0 radical (unpaired) electrons. The SMILES string of the molecule is CCCCOP([O-])(=S)SCCCC.CCCCOP([O-])(=S)SCCCC.CCCCOP([O-])(=S)SCCCC.CCCCOP([O-])(=S)SCCCC.O=S.[Mo+4]. The molecule has 0 rings (SSSR count). The maximum Gasteiger partial charge on any atom is 4.00 e. The Morgan fingerprint density at radius 1 is 0.364 bits per heavy atom. The van der Waals surface area contributed by atoms with Crippen LogP contribution in [0.1, 0.15) is 158 Å². The molecule has 4 atom stereocenters. The second-order valence-corrected chi connectivity index (χ2v) is 36.0. The van der Waals surface area contributed by atoms with Gasteiger partial charge in [-0.3, -0.25) is 0 Å². The third kappa shape index (κ3) is 67.6. The van der Waals surface area contributed by atoms with Crippen LogP contribution in [-0.4, -0.2) is 53.6 Å². The van der Waals surface area contributed by atoms with E-state index in [2.05, 4.69) is 67.9 Å². The number of hydrogen-bond acceptors (Lipinski definition) is 18. The van der Waals surface area contributed by atoms with Crippen molar-refractivity contribution in [1.29, 1.82) is 0 Å². The maximum absolute atomic E-state index is 11.5. The van der Waals surface area contributed by atoms with Crippen molar-refractivity contribution in [2.45, 2.75) is 158 Å². The van der Waals surface area contributed by atoms with Crippen LogP contribution in [0.15, 0.2) is 0 Å². The Bertz CT molecular complexity index is 773. The van der Waals surface area contributed by atoms with E-state index in [4.69, 9.17) is 69.5 Å². The van der Waals surface area contributed by atoms with Crippen LogP contribution in [0.25, 0.3) is 0 Å². The smallest absolute Gasteiger partial charge is 0.793 e. The fraction of sp³-hybridized carbons (Fsp3) is 1.00. The summed E-state index contributed by atoms with van der Waals surface area (Å²) >= 11 is 27.5. The van der Waals surface area contributed by atoms with Gasteiger partial charge in [-0.25, -0.2) is 0 Å². The average Bonchev–Trinajstić information content (AvgIpc) is 3.10. The zero-order chi connectivity index (χ0) is 42.6. The van der Waals surface area contributed by atoms with Crippen molar-refractivity contribution in [3.8, 4) is 0 Å². The second kappa shape index (κ2) is 52.7. The third-order valence-electron chi connectivity index (χ3n) is 5.98. The van der Waals surface area contributed by atoms with Gasteiger partial charge in [0.15, 0.2) is 12.5 Å². The van der Waals surface area contributed by atoms with Gasteiger partial charge >= 0.3 is 21.1 Å². The number of rotatable bonds is 32. The van der Waals surface area contributed by atoms with Gasteiger partial charge in [0.05, 0.1) is 26.4 Å². The summed E-state index contributed by atoms with van der Waals surface area (Å²) in [6.07, 6.45) is 16.6. The normalized spacial score (nSPS) is 14.8. The van der Waals surface area contributed by atoms with Crippen molar-refractivity contribution in [1.82, 2.24) is 0 Å². The Hall–Kier alpha value is 4.39. The summed E-state index contributed by atoms with van der Waals surface area (Å²) in [6, 6.07) is 0. The van der Waals surface area contributed by atoms with E-state index in [0.29, 0.717) is 26.4 Å². The van der Waals surface area contributed by atoms with E-state index in [0.717, 1.165) is 126 Å². The van der Waals surface area contributed by atoms with Gasteiger partial charge in [0.1, 0.15) is 0 Å². The second-order valence-electron chi connectivity index (χ2n) is 11.3. The molecule has 0 fully saturated rings. The molecule has 0 aliphatic carbocycles.